The molecule has 0 unspecified atom stereocenters. The molecule has 0 radical (unpaired) electrons. The molecule has 0 spiro atoms. The monoisotopic (exact) mass is 387 g/mol. The Balaban J connectivity index is 2.52. The first kappa shape index (κ1) is 19.0. The first-order valence-electron chi connectivity index (χ1n) is 6.92. The van der Waals surface area contributed by atoms with Crippen LogP contribution < -0.4 is 16.8 Å². The summed E-state index contributed by atoms with van der Waals surface area (Å²) >= 11 is 0. The van der Waals surface area contributed by atoms with Gasteiger partial charge in [0.05, 0.1) is 28.6 Å². The molecule has 136 valence electrons. The highest BCUT2D eigenvalue weighted by Gasteiger charge is 2.20. The van der Waals surface area contributed by atoms with Crippen LogP contribution in [0.5, 0.6) is 0 Å². The lowest BCUT2D eigenvalue weighted by molar-refractivity contribution is 0.319. The second-order valence-corrected chi connectivity index (χ2v) is 8.62. The Morgan fingerprint density at radius 3 is 2.24 bits per heavy atom. The standard InChI is InChI=1S/C14H17N3O6S2/c15-9-1-4-12(14(7-9)24(19,20)6-5-18)17-10-2-3-11(16)13(8-10)25(21,22)23/h1-4,7-8,17-18H,5-6,15-16H2,(H,21,22,23). The predicted octanol–water partition coefficient (Wildman–Crippen LogP) is 0.607. The molecule has 0 fully saturated rings. The minimum atomic E-state index is -4.54. The van der Waals surface area contributed by atoms with E-state index in [9.17, 15) is 21.4 Å². The van der Waals surface area contributed by atoms with Crippen LogP contribution in [0, 0.1) is 0 Å². The summed E-state index contributed by atoms with van der Waals surface area (Å²) in [4.78, 5) is -0.653. The van der Waals surface area contributed by atoms with Gasteiger partial charge in [0.25, 0.3) is 10.1 Å². The summed E-state index contributed by atoms with van der Waals surface area (Å²) < 4.78 is 56.3. The van der Waals surface area contributed by atoms with Crippen LogP contribution in [-0.4, -0.2) is 38.9 Å². The van der Waals surface area contributed by atoms with Crippen molar-refractivity contribution in [2.75, 3.05) is 29.1 Å². The third kappa shape index (κ3) is 4.39. The molecule has 0 aromatic heterocycles. The lowest BCUT2D eigenvalue weighted by Crippen LogP contribution is -2.12. The first-order chi connectivity index (χ1) is 11.5. The van der Waals surface area contributed by atoms with Crippen LogP contribution in [0.2, 0.25) is 0 Å². The van der Waals surface area contributed by atoms with Gasteiger partial charge in [-0.15, -0.1) is 0 Å². The number of nitrogens with one attached hydrogen (secondary N) is 1. The fourth-order valence-electron chi connectivity index (χ4n) is 2.12. The minimum absolute atomic E-state index is 0.133. The minimum Gasteiger partial charge on any atom is -0.399 e. The third-order valence-electron chi connectivity index (χ3n) is 3.27. The van der Waals surface area contributed by atoms with Gasteiger partial charge in [0.1, 0.15) is 4.90 Å². The van der Waals surface area contributed by atoms with E-state index >= 15 is 0 Å². The molecule has 0 atom stereocenters. The SMILES string of the molecule is Nc1ccc(Nc2ccc(N)c(S(=O)(=O)O)c2)c(S(=O)(=O)CCO)c1. The fourth-order valence-corrected chi connectivity index (χ4v) is 3.99. The lowest BCUT2D eigenvalue weighted by Gasteiger charge is -2.14. The van der Waals surface area contributed by atoms with Crippen molar-refractivity contribution in [3.63, 3.8) is 0 Å². The molecule has 9 nitrogen and oxygen atoms in total. The molecular formula is C14H17N3O6S2. The van der Waals surface area contributed by atoms with E-state index in [0.29, 0.717) is 0 Å². The number of aliphatic hydroxyl groups excluding tert-OH is 1. The Morgan fingerprint density at radius 2 is 1.64 bits per heavy atom. The number of nitrogens with two attached hydrogens (primary N) is 2. The topological polar surface area (TPSA) is 173 Å². The smallest absolute Gasteiger partial charge is 0.296 e. The van der Waals surface area contributed by atoms with Gasteiger partial charge in [-0.05, 0) is 36.4 Å². The van der Waals surface area contributed by atoms with Crippen LogP contribution in [0.3, 0.4) is 0 Å². The summed E-state index contributed by atoms with van der Waals surface area (Å²) in [6.07, 6.45) is 0. The number of rotatable bonds is 6. The van der Waals surface area contributed by atoms with E-state index in [-0.39, 0.29) is 27.6 Å². The van der Waals surface area contributed by atoms with E-state index in [1.165, 1.54) is 30.3 Å². The molecule has 0 saturated carbocycles. The summed E-state index contributed by atoms with van der Waals surface area (Å²) in [6, 6.07) is 7.84. The normalized spacial score (nSPS) is 12.1. The maximum Gasteiger partial charge on any atom is 0.296 e. The number of benzene rings is 2. The van der Waals surface area contributed by atoms with Crippen LogP contribution in [0.25, 0.3) is 0 Å². The third-order valence-corrected chi connectivity index (χ3v) is 5.91. The highest BCUT2D eigenvalue weighted by Crippen LogP contribution is 2.30. The molecule has 11 heteroatoms. The molecule has 0 aliphatic carbocycles. The second-order valence-electron chi connectivity index (χ2n) is 5.15. The van der Waals surface area contributed by atoms with Crippen molar-refractivity contribution in [1.29, 1.82) is 0 Å². The maximum absolute atomic E-state index is 12.3. The predicted molar refractivity (Wildman–Crippen MR) is 93.9 cm³/mol. The van der Waals surface area contributed by atoms with Crippen LogP contribution >= 0.6 is 0 Å². The fraction of sp³-hybridized carbons (Fsp3) is 0.143. The summed E-state index contributed by atoms with van der Waals surface area (Å²) in [5.41, 5.74) is 11.5. The molecule has 0 amide bonds. The summed E-state index contributed by atoms with van der Waals surface area (Å²) in [7, 11) is -8.35. The second kappa shape index (κ2) is 6.88. The summed E-state index contributed by atoms with van der Waals surface area (Å²) in [6.45, 7) is -0.564. The highest BCUT2D eigenvalue weighted by molar-refractivity contribution is 7.91. The molecule has 0 heterocycles. The molecule has 0 aliphatic heterocycles. The van der Waals surface area contributed by atoms with Crippen LogP contribution in [-0.2, 0) is 20.0 Å². The number of hydrogen-bond donors (Lipinski definition) is 5. The van der Waals surface area contributed by atoms with Gasteiger partial charge in [0, 0.05) is 11.4 Å². The average molecular weight is 387 g/mol. The molecule has 0 aliphatic rings. The zero-order valence-corrected chi connectivity index (χ0v) is 14.5. The molecule has 7 N–H and O–H groups in total. The van der Waals surface area contributed by atoms with E-state index in [0.717, 1.165) is 6.07 Å². The van der Waals surface area contributed by atoms with Crippen molar-refractivity contribution in [3.8, 4) is 0 Å². The van der Waals surface area contributed by atoms with E-state index in [2.05, 4.69) is 5.32 Å². The van der Waals surface area contributed by atoms with Crippen molar-refractivity contribution < 1.29 is 26.5 Å². The Morgan fingerprint density at radius 1 is 0.960 bits per heavy atom. The number of anilines is 4. The van der Waals surface area contributed by atoms with E-state index in [4.69, 9.17) is 16.6 Å². The number of hydrogen-bond acceptors (Lipinski definition) is 8. The van der Waals surface area contributed by atoms with Gasteiger partial charge in [-0.25, -0.2) is 8.42 Å². The summed E-state index contributed by atoms with van der Waals surface area (Å²) in [5.74, 6) is -0.497. The van der Waals surface area contributed by atoms with Crippen LogP contribution in [0.15, 0.2) is 46.2 Å². The zero-order valence-electron chi connectivity index (χ0n) is 12.9. The Kier molecular flexibility index (Phi) is 5.23. The zero-order chi connectivity index (χ0) is 18.8. The molecule has 0 bridgehead atoms. The first-order valence-corrected chi connectivity index (χ1v) is 10.0. The van der Waals surface area contributed by atoms with Crippen molar-refractivity contribution >= 4 is 42.7 Å². The van der Waals surface area contributed by atoms with Crippen molar-refractivity contribution in [1.82, 2.24) is 0 Å². The van der Waals surface area contributed by atoms with Crippen molar-refractivity contribution in [2.24, 2.45) is 0 Å². The lowest BCUT2D eigenvalue weighted by atomic mass is 10.2. The van der Waals surface area contributed by atoms with Gasteiger partial charge in [0.15, 0.2) is 9.84 Å². The van der Waals surface area contributed by atoms with Gasteiger partial charge in [-0.3, -0.25) is 4.55 Å². The molecule has 25 heavy (non-hydrogen) atoms. The maximum atomic E-state index is 12.3. The Labute approximate surface area is 144 Å². The number of nitrogen functional groups attached to an aromatic ring is 2. The van der Waals surface area contributed by atoms with Crippen LogP contribution in [0.4, 0.5) is 22.7 Å². The molecule has 0 saturated heterocycles. The van der Waals surface area contributed by atoms with Gasteiger partial charge < -0.3 is 21.9 Å². The highest BCUT2D eigenvalue weighted by atomic mass is 32.2. The van der Waals surface area contributed by atoms with Crippen LogP contribution in [0.1, 0.15) is 0 Å². The van der Waals surface area contributed by atoms with E-state index < -0.39 is 37.2 Å². The van der Waals surface area contributed by atoms with Crippen molar-refractivity contribution in [2.45, 2.75) is 9.79 Å². The van der Waals surface area contributed by atoms with E-state index in [1.807, 2.05) is 0 Å². The average Bonchev–Trinajstić information content (AvgIpc) is 2.49. The van der Waals surface area contributed by atoms with E-state index in [1.54, 1.807) is 0 Å². The van der Waals surface area contributed by atoms with Gasteiger partial charge in [-0.1, -0.05) is 0 Å². The van der Waals surface area contributed by atoms with Gasteiger partial charge in [-0.2, -0.15) is 8.42 Å². The number of aliphatic hydroxyl groups is 1. The quantitative estimate of drug-likeness (QED) is 0.351. The molecule has 2 aromatic rings. The van der Waals surface area contributed by atoms with Gasteiger partial charge in [0.2, 0.25) is 0 Å². The van der Waals surface area contributed by atoms with Crippen molar-refractivity contribution in [3.05, 3.63) is 36.4 Å². The Bertz CT molecular complexity index is 1000. The largest absolute Gasteiger partial charge is 0.399 e. The van der Waals surface area contributed by atoms with Gasteiger partial charge >= 0.3 is 0 Å². The Hall–Kier alpha value is -2.34. The molecule has 2 aromatic carbocycles. The number of sulfone groups is 1. The molecule has 2 rings (SSSR count). The molecular weight excluding hydrogens is 370 g/mol. The summed E-state index contributed by atoms with van der Waals surface area (Å²) in [5, 5.41) is 11.7.